The summed E-state index contributed by atoms with van der Waals surface area (Å²) in [6.45, 7) is 0. The molecule has 0 bridgehead atoms. The first kappa shape index (κ1) is 9.59. The smallest absolute Gasteiger partial charge is 0.145 e. The van der Waals surface area contributed by atoms with Gasteiger partial charge in [0, 0.05) is 0 Å². The number of hydrogen-bond donors (Lipinski definition) is 1. The molecule has 2 rings (SSSR count). The fourth-order valence-corrected chi connectivity index (χ4v) is 1.39. The highest BCUT2D eigenvalue weighted by Crippen LogP contribution is 2.15. The highest BCUT2D eigenvalue weighted by atomic mass is 16.5. The molecule has 1 aliphatic heterocycles. The molecule has 15 heavy (non-hydrogen) atoms. The molecule has 0 fully saturated rings. The molecule has 2 heteroatoms. The minimum atomic E-state index is 0.658. The van der Waals surface area contributed by atoms with Crippen molar-refractivity contribution in [2.75, 3.05) is 0 Å². The Morgan fingerprint density at radius 3 is 2.73 bits per heavy atom. The van der Waals surface area contributed by atoms with Crippen LogP contribution in [0.3, 0.4) is 0 Å². The summed E-state index contributed by atoms with van der Waals surface area (Å²) in [4.78, 5) is 0. The molecule has 76 valence electrons. The Hall–Kier alpha value is -1.96. The molecule has 1 heterocycles. The molecule has 0 amide bonds. The van der Waals surface area contributed by atoms with Crippen LogP contribution in [0.1, 0.15) is 12.0 Å². The summed E-state index contributed by atoms with van der Waals surface area (Å²) >= 11 is 0. The minimum absolute atomic E-state index is 0.658. The number of rotatable bonds is 2. The van der Waals surface area contributed by atoms with E-state index < -0.39 is 0 Å². The van der Waals surface area contributed by atoms with Crippen LogP contribution in [-0.2, 0) is 4.74 Å². The zero-order valence-corrected chi connectivity index (χ0v) is 8.39. The van der Waals surface area contributed by atoms with Crippen molar-refractivity contribution in [2.45, 2.75) is 6.42 Å². The van der Waals surface area contributed by atoms with E-state index in [-0.39, 0.29) is 0 Å². The standard InChI is InChI=1S/C13H13NO/c14-12(13-8-4-5-9-15-13)10-11-6-2-1-3-7-11/h1-3,5-10H,4,14H2. The van der Waals surface area contributed by atoms with E-state index in [1.54, 1.807) is 6.26 Å². The molecular formula is C13H13NO. The molecule has 0 saturated carbocycles. The van der Waals surface area contributed by atoms with Crippen LogP contribution in [0.5, 0.6) is 0 Å². The van der Waals surface area contributed by atoms with E-state index in [1.165, 1.54) is 0 Å². The topological polar surface area (TPSA) is 35.2 Å². The lowest BCUT2D eigenvalue weighted by molar-refractivity contribution is 0.351. The lowest BCUT2D eigenvalue weighted by Crippen LogP contribution is -2.03. The summed E-state index contributed by atoms with van der Waals surface area (Å²) in [7, 11) is 0. The third-order valence-corrected chi connectivity index (χ3v) is 2.14. The van der Waals surface area contributed by atoms with Gasteiger partial charge in [0.15, 0.2) is 0 Å². The molecular weight excluding hydrogens is 186 g/mol. The Labute approximate surface area is 89.4 Å². The van der Waals surface area contributed by atoms with Gasteiger partial charge in [-0.05, 0) is 30.2 Å². The van der Waals surface area contributed by atoms with Crippen molar-refractivity contribution >= 4 is 6.08 Å². The molecule has 0 unspecified atom stereocenters. The second-order valence-electron chi connectivity index (χ2n) is 3.30. The van der Waals surface area contributed by atoms with Gasteiger partial charge in [0.05, 0.1) is 12.0 Å². The van der Waals surface area contributed by atoms with Gasteiger partial charge in [-0.25, -0.2) is 0 Å². The number of nitrogens with two attached hydrogens (primary N) is 1. The van der Waals surface area contributed by atoms with Gasteiger partial charge in [-0.3, -0.25) is 0 Å². The summed E-state index contributed by atoms with van der Waals surface area (Å²) in [5.41, 5.74) is 7.65. The highest BCUT2D eigenvalue weighted by molar-refractivity contribution is 5.56. The Morgan fingerprint density at radius 2 is 2.07 bits per heavy atom. The van der Waals surface area contributed by atoms with Crippen molar-refractivity contribution < 1.29 is 4.74 Å². The number of allylic oxidation sites excluding steroid dienone is 2. The van der Waals surface area contributed by atoms with Crippen LogP contribution >= 0.6 is 0 Å². The van der Waals surface area contributed by atoms with Gasteiger partial charge in [0.2, 0.25) is 0 Å². The van der Waals surface area contributed by atoms with Crippen molar-refractivity contribution in [1.82, 2.24) is 0 Å². The van der Waals surface area contributed by atoms with Gasteiger partial charge in [-0.2, -0.15) is 0 Å². The highest BCUT2D eigenvalue weighted by Gasteiger charge is 2.03. The molecule has 1 aliphatic rings. The largest absolute Gasteiger partial charge is 0.463 e. The maximum atomic E-state index is 5.91. The van der Waals surface area contributed by atoms with Gasteiger partial charge < -0.3 is 10.5 Å². The monoisotopic (exact) mass is 199 g/mol. The van der Waals surface area contributed by atoms with Gasteiger partial charge in [-0.15, -0.1) is 0 Å². The molecule has 0 spiro atoms. The van der Waals surface area contributed by atoms with Crippen LogP contribution in [0.25, 0.3) is 6.08 Å². The maximum Gasteiger partial charge on any atom is 0.145 e. The molecule has 2 N–H and O–H groups in total. The summed E-state index contributed by atoms with van der Waals surface area (Å²) in [6, 6.07) is 9.95. The average Bonchev–Trinajstić information content (AvgIpc) is 2.31. The van der Waals surface area contributed by atoms with E-state index >= 15 is 0 Å². The summed E-state index contributed by atoms with van der Waals surface area (Å²) in [6.07, 6.45) is 8.36. The molecule has 0 radical (unpaired) electrons. The van der Waals surface area contributed by atoms with E-state index in [9.17, 15) is 0 Å². The van der Waals surface area contributed by atoms with Crippen LogP contribution in [-0.4, -0.2) is 0 Å². The Balaban J connectivity index is 2.17. The minimum Gasteiger partial charge on any atom is -0.463 e. The first-order valence-electron chi connectivity index (χ1n) is 4.91. The number of benzene rings is 1. The molecule has 1 aromatic carbocycles. The van der Waals surface area contributed by atoms with Crippen LogP contribution in [0.15, 0.2) is 60.2 Å². The second-order valence-corrected chi connectivity index (χ2v) is 3.30. The molecule has 0 atom stereocenters. The van der Waals surface area contributed by atoms with Gasteiger partial charge in [-0.1, -0.05) is 30.3 Å². The summed E-state index contributed by atoms with van der Waals surface area (Å²) in [5, 5.41) is 0. The third kappa shape index (κ3) is 2.50. The van der Waals surface area contributed by atoms with E-state index in [0.29, 0.717) is 5.70 Å². The quantitative estimate of drug-likeness (QED) is 0.794. The van der Waals surface area contributed by atoms with Crippen molar-refractivity contribution in [3.05, 3.63) is 65.8 Å². The Bertz CT molecular complexity index is 415. The SMILES string of the molecule is NC(=Cc1ccccc1)C1=CCC=CO1. The van der Waals surface area contributed by atoms with E-state index in [0.717, 1.165) is 17.7 Å². The van der Waals surface area contributed by atoms with Crippen LogP contribution in [0.4, 0.5) is 0 Å². The van der Waals surface area contributed by atoms with Gasteiger partial charge in [0.25, 0.3) is 0 Å². The fraction of sp³-hybridized carbons (Fsp3) is 0.0769. The summed E-state index contributed by atoms with van der Waals surface area (Å²) in [5.74, 6) is 0.737. The number of hydrogen-bond acceptors (Lipinski definition) is 2. The van der Waals surface area contributed by atoms with E-state index in [4.69, 9.17) is 10.5 Å². The molecule has 2 nitrogen and oxygen atoms in total. The zero-order valence-electron chi connectivity index (χ0n) is 8.39. The van der Waals surface area contributed by atoms with Crippen LogP contribution in [0.2, 0.25) is 0 Å². The van der Waals surface area contributed by atoms with E-state index in [2.05, 4.69) is 0 Å². The lowest BCUT2D eigenvalue weighted by atomic mass is 10.1. The zero-order chi connectivity index (χ0) is 10.5. The van der Waals surface area contributed by atoms with Gasteiger partial charge >= 0.3 is 0 Å². The van der Waals surface area contributed by atoms with Gasteiger partial charge in [0.1, 0.15) is 5.76 Å². The second kappa shape index (κ2) is 4.51. The maximum absolute atomic E-state index is 5.91. The molecule has 0 aliphatic carbocycles. The van der Waals surface area contributed by atoms with Crippen LogP contribution in [0, 0.1) is 0 Å². The normalized spacial score (nSPS) is 15.7. The first-order chi connectivity index (χ1) is 7.36. The van der Waals surface area contributed by atoms with Crippen molar-refractivity contribution in [1.29, 1.82) is 0 Å². The third-order valence-electron chi connectivity index (χ3n) is 2.14. The summed E-state index contributed by atoms with van der Waals surface area (Å²) < 4.78 is 5.30. The predicted octanol–water partition coefficient (Wildman–Crippen LogP) is 2.80. The predicted molar refractivity (Wildman–Crippen MR) is 61.5 cm³/mol. The Morgan fingerprint density at radius 1 is 1.27 bits per heavy atom. The number of ether oxygens (including phenoxy) is 1. The molecule has 0 saturated heterocycles. The molecule has 1 aromatic rings. The Kier molecular flexibility index (Phi) is 2.88. The van der Waals surface area contributed by atoms with Crippen molar-refractivity contribution in [2.24, 2.45) is 5.73 Å². The van der Waals surface area contributed by atoms with Crippen LogP contribution < -0.4 is 5.73 Å². The first-order valence-corrected chi connectivity index (χ1v) is 4.91. The van der Waals surface area contributed by atoms with E-state index in [1.807, 2.05) is 48.6 Å². The molecule has 0 aromatic heterocycles. The average molecular weight is 199 g/mol. The van der Waals surface area contributed by atoms with Crippen molar-refractivity contribution in [3.63, 3.8) is 0 Å². The van der Waals surface area contributed by atoms with Crippen molar-refractivity contribution in [3.8, 4) is 0 Å². The lowest BCUT2D eigenvalue weighted by Gasteiger charge is -2.09. The fourth-order valence-electron chi connectivity index (χ4n) is 1.39.